The number of anilines is 2. The lowest BCUT2D eigenvalue weighted by molar-refractivity contribution is 0.771. The van der Waals surface area contributed by atoms with E-state index >= 15 is 0 Å². The van der Waals surface area contributed by atoms with Crippen molar-refractivity contribution in [2.24, 2.45) is 7.05 Å². The number of hydrogen-bond donors (Lipinski definition) is 1. The van der Waals surface area contributed by atoms with Gasteiger partial charge in [-0.25, -0.2) is 4.98 Å². The van der Waals surface area contributed by atoms with E-state index in [4.69, 9.17) is 5.26 Å². The Kier molecular flexibility index (Phi) is 2.33. The minimum atomic E-state index is 0.573. The smallest absolute Gasteiger partial charge is 0.153 e. The van der Waals surface area contributed by atoms with E-state index in [1.807, 2.05) is 19.3 Å². The third-order valence-corrected chi connectivity index (χ3v) is 1.86. The largest absolute Gasteiger partial charge is 0.323 e. The average molecular weight is 199 g/mol. The molecular weight excluding hydrogens is 190 g/mol. The van der Waals surface area contributed by atoms with E-state index in [0.717, 1.165) is 0 Å². The van der Waals surface area contributed by atoms with Gasteiger partial charge in [-0.2, -0.15) is 10.4 Å². The van der Waals surface area contributed by atoms with Crippen LogP contribution in [0, 0.1) is 11.3 Å². The number of hydrogen-bond acceptors (Lipinski definition) is 4. The Morgan fingerprint density at radius 3 is 2.93 bits per heavy atom. The molecule has 2 aromatic rings. The molecule has 0 fully saturated rings. The zero-order chi connectivity index (χ0) is 10.7. The van der Waals surface area contributed by atoms with Crippen LogP contribution in [-0.4, -0.2) is 14.8 Å². The summed E-state index contributed by atoms with van der Waals surface area (Å²) in [5, 5.41) is 15.9. The highest BCUT2D eigenvalue weighted by Gasteiger charge is 1.99. The van der Waals surface area contributed by atoms with Crippen LogP contribution in [0.5, 0.6) is 0 Å². The summed E-state index contributed by atoms with van der Waals surface area (Å²) in [6.45, 7) is 0. The van der Waals surface area contributed by atoms with Crippen molar-refractivity contribution in [2.75, 3.05) is 5.32 Å². The molecule has 0 amide bonds. The lowest BCUT2D eigenvalue weighted by Crippen LogP contribution is -1.96. The summed E-state index contributed by atoms with van der Waals surface area (Å²) < 4.78 is 1.69. The number of aromatic nitrogens is 3. The quantitative estimate of drug-likeness (QED) is 0.794. The molecule has 0 saturated heterocycles. The maximum Gasteiger partial charge on any atom is 0.153 e. The van der Waals surface area contributed by atoms with Crippen LogP contribution >= 0.6 is 0 Å². The lowest BCUT2D eigenvalue weighted by atomic mass is 10.3. The molecule has 0 aromatic carbocycles. The van der Waals surface area contributed by atoms with E-state index in [2.05, 4.69) is 21.5 Å². The van der Waals surface area contributed by atoms with Crippen molar-refractivity contribution >= 4 is 11.6 Å². The van der Waals surface area contributed by atoms with Gasteiger partial charge < -0.3 is 5.32 Å². The Morgan fingerprint density at radius 2 is 2.27 bits per heavy atom. The van der Waals surface area contributed by atoms with Gasteiger partial charge in [0.05, 0.1) is 11.6 Å². The molecule has 0 bridgehead atoms. The van der Waals surface area contributed by atoms with Gasteiger partial charge in [-0.15, -0.1) is 0 Å². The Labute approximate surface area is 87.0 Å². The highest BCUT2D eigenvalue weighted by molar-refractivity contribution is 5.53. The monoisotopic (exact) mass is 199 g/mol. The summed E-state index contributed by atoms with van der Waals surface area (Å²) in [6, 6.07) is 7.22. The predicted molar refractivity (Wildman–Crippen MR) is 55.4 cm³/mol. The summed E-state index contributed by atoms with van der Waals surface area (Å²) in [5.41, 5.74) is 0.573. The fourth-order valence-electron chi connectivity index (χ4n) is 1.18. The maximum absolute atomic E-state index is 8.71. The molecular formula is C10H9N5. The van der Waals surface area contributed by atoms with Crippen LogP contribution in [-0.2, 0) is 7.05 Å². The molecule has 0 atom stereocenters. The summed E-state index contributed by atoms with van der Waals surface area (Å²) in [6.07, 6.45) is 3.42. The number of aryl methyl sites for hydroxylation is 1. The van der Waals surface area contributed by atoms with Gasteiger partial charge in [0.1, 0.15) is 5.82 Å². The SMILES string of the molecule is Cn1ccc(Nc2cc(C#N)ccn2)n1. The van der Waals surface area contributed by atoms with E-state index in [1.54, 1.807) is 23.0 Å². The van der Waals surface area contributed by atoms with Gasteiger partial charge in [-0.1, -0.05) is 0 Å². The third kappa shape index (κ3) is 2.11. The molecule has 2 aromatic heterocycles. The van der Waals surface area contributed by atoms with E-state index in [9.17, 15) is 0 Å². The Balaban J connectivity index is 2.21. The van der Waals surface area contributed by atoms with Crippen LogP contribution in [0.2, 0.25) is 0 Å². The molecule has 1 N–H and O–H groups in total. The first-order chi connectivity index (χ1) is 7.28. The van der Waals surface area contributed by atoms with E-state index in [0.29, 0.717) is 17.2 Å². The predicted octanol–water partition coefficient (Wildman–Crippen LogP) is 1.43. The molecule has 2 rings (SSSR count). The van der Waals surface area contributed by atoms with Gasteiger partial charge >= 0.3 is 0 Å². The summed E-state index contributed by atoms with van der Waals surface area (Å²) >= 11 is 0. The first-order valence-electron chi connectivity index (χ1n) is 4.41. The molecule has 5 nitrogen and oxygen atoms in total. The number of rotatable bonds is 2. The highest BCUT2D eigenvalue weighted by Crippen LogP contribution is 2.12. The maximum atomic E-state index is 8.71. The van der Waals surface area contributed by atoms with Crippen LogP contribution in [0.3, 0.4) is 0 Å². The summed E-state index contributed by atoms with van der Waals surface area (Å²) in [4.78, 5) is 4.08. The molecule has 0 spiro atoms. The standard InChI is InChI=1S/C10H9N5/c1-15-5-3-9(14-15)13-10-6-8(7-11)2-4-12-10/h2-6H,1H3,(H,12,13,14). The Bertz CT molecular complexity index is 509. The third-order valence-electron chi connectivity index (χ3n) is 1.86. The second kappa shape index (κ2) is 3.80. The van der Waals surface area contributed by atoms with Gasteiger partial charge in [0.15, 0.2) is 5.82 Å². The van der Waals surface area contributed by atoms with Crippen molar-refractivity contribution in [1.29, 1.82) is 5.26 Å². The van der Waals surface area contributed by atoms with E-state index in [1.165, 1.54) is 0 Å². The van der Waals surface area contributed by atoms with E-state index < -0.39 is 0 Å². The number of pyridine rings is 1. The van der Waals surface area contributed by atoms with Crippen molar-refractivity contribution in [2.45, 2.75) is 0 Å². The second-order valence-electron chi connectivity index (χ2n) is 3.04. The fourth-order valence-corrected chi connectivity index (χ4v) is 1.18. The van der Waals surface area contributed by atoms with Crippen LogP contribution in [0.25, 0.3) is 0 Å². The minimum absolute atomic E-state index is 0.573. The molecule has 0 saturated carbocycles. The van der Waals surface area contributed by atoms with Gasteiger partial charge in [0.25, 0.3) is 0 Å². The van der Waals surface area contributed by atoms with Gasteiger partial charge in [-0.3, -0.25) is 4.68 Å². The number of nitrogens with one attached hydrogen (secondary N) is 1. The lowest BCUT2D eigenvalue weighted by Gasteiger charge is -2.00. The van der Waals surface area contributed by atoms with Crippen molar-refractivity contribution in [3.8, 4) is 6.07 Å². The molecule has 74 valence electrons. The van der Waals surface area contributed by atoms with E-state index in [-0.39, 0.29) is 0 Å². The van der Waals surface area contributed by atoms with Crippen LogP contribution in [0.1, 0.15) is 5.56 Å². The van der Waals surface area contributed by atoms with Crippen molar-refractivity contribution < 1.29 is 0 Å². The van der Waals surface area contributed by atoms with Crippen LogP contribution in [0.15, 0.2) is 30.6 Å². The van der Waals surface area contributed by atoms with Crippen LogP contribution < -0.4 is 5.32 Å². The summed E-state index contributed by atoms with van der Waals surface area (Å²) in [7, 11) is 1.84. The zero-order valence-electron chi connectivity index (χ0n) is 8.18. The zero-order valence-corrected chi connectivity index (χ0v) is 8.18. The van der Waals surface area contributed by atoms with Crippen molar-refractivity contribution in [3.63, 3.8) is 0 Å². The number of nitrogens with zero attached hydrogens (tertiary/aromatic N) is 4. The molecule has 0 aliphatic rings. The molecule has 0 unspecified atom stereocenters. The normalized spacial score (nSPS) is 9.60. The first kappa shape index (κ1) is 9.21. The topological polar surface area (TPSA) is 66.5 Å². The Morgan fingerprint density at radius 1 is 1.40 bits per heavy atom. The molecule has 2 heterocycles. The average Bonchev–Trinajstić information content (AvgIpc) is 2.64. The summed E-state index contributed by atoms with van der Waals surface area (Å²) in [5.74, 6) is 1.33. The minimum Gasteiger partial charge on any atom is -0.323 e. The molecule has 5 heteroatoms. The molecule has 0 aliphatic carbocycles. The van der Waals surface area contributed by atoms with Crippen LogP contribution in [0.4, 0.5) is 11.6 Å². The van der Waals surface area contributed by atoms with Gasteiger partial charge in [0, 0.05) is 25.5 Å². The molecule has 0 radical (unpaired) electrons. The number of nitriles is 1. The first-order valence-corrected chi connectivity index (χ1v) is 4.41. The Hall–Kier alpha value is -2.35. The molecule has 15 heavy (non-hydrogen) atoms. The highest BCUT2D eigenvalue weighted by atomic mass is 15.3. The van der Waals surface area contributed by atoms with Gasteiger partial charge in [0.2, 0.25) is 0 Å². The van der Waals surface area contributed by atoms with Crippen molar-refractivity contribution in [1.82, 2.24) is 14.8 Å². The fraction of sp³-hybridized carbons (Fsp3) is 0.100. The van der Waals surface area contributed by atoms with Gasteiger partial charge in [-0.05, 0) is 12.1 Å². The second-order valence-corrected chi connectivity index (χ2v) is 3.04. The van der Waals surface area contributed by atoms with Crippen molar-refractivity contribution in [3.05, 3.63) is 36.2 Å². The molecule has 0 aliphatic heterocycles.